The Morgan fingerprint density at radius 1 is 1.67 bits per heavy atom. The number of carbonyl (C=O) groups is 1. The fraction of sp³-hybridized carbons (Fsp3) is 0.375. The molecule has 0 amide bonds. The van der Waals surface area contributed by atoms with Gasteiger partial charge in [0, 0.05) is 0 Å². The zero-order valence-corrected chi connectivity index (χ0v) is 6.79. The van der Waals surface area contributed by atoms with Crippen molar-refractivity contribution in [1.82, 2.24) is 0 Å². The number of hydrogen-bond acceptors (Lipinski definition) is 4. The van der Waals surface area contributed by atoms with Crippen molar-refractivity contribution in [2.24, 2.45) is 4.99 Å². The molecule has 4 nitrogen and oxygen atoms in total. The topological polar surface area (TPSA) is 55.7 Å². The van der Waals surface area contributed by atoms with Gasteiger partial charge in [0.15, 0.2) is 0 Å². The summed E-state index contributed by atoms with van der Waals surface area (Å²) >= 11 is 0. The standard InChI is InChI=1S/C8H9NO3/c1-3-7(2)8(11)12-5-4-9-6-10/h1,4-5H2,2H3. The van der Waals surface area contributed by atoms with Gasteiger partial charge in [-0.25, -0.2) is 14.6 Å². The highest BCUT2D eigenvalue weighted by atomic mass is 16.5. The van der Waals surface area contributed by atoms with E-state index in [9.17, 15) is 9.59 Å². The minimum atomic E-state index is -0.494. The van der Waals surface area contributed by atoms with Crippen LogP contribution in [0.4, 0.5) is 0 Å². The summed E-state index contributed by atoms with van der Waals surface area (Å²) in [7, 11) is 0. The van der Waals surface area contributed by atoms with Crippen molar-refractivity contribution in [2.75, 3.05) is 13.2 Å². The molecule has 0 aliphatic rings. The van der Waals surface area contributed by atoms with Crippen LogP contribution in [0.1, 0.15) is 6.92 Å². The molecule has 0 aliphatic carbocycles. The van der Waals surface area contributed by atoms with Crippen LogP contribution in [0.2, 0.25) is 0 Å². The molecule has 0 aromatic heterocycles. The number of isocyanates is 1. The third-order valence-corrected chi connectivity index (χ3v) is 1.07. The second-order valence-electron chi connectivity index (χ2n) is 1.91. The van der Waals surface area contributed by atoms with Crippen molar-refractivity contribution in [3.8, 4) is 0 Å². The summed E-state index contributed by atoms with van der Waals surface area (Å²) in [5.41, 5.74) is 2.70. The Morgan fingerprint density at radius 2 is 2.33 bits per heavy atom. The third kappa shape index (κ3) is 4.23. The molecule has 0 rings (SSSR count). The highest BCUT2D eigenvalue weighted by molar-refractivity contribution is 5.87. The number of carbonyl (C=O) groups excluding carboxylic acids is 2. The van der Waals surface area contributed by atoms with Gasteiger partial charge < -0.3 is 4.74 Å². The van der Waals surface area contributed by atoms with Crippen LogP contribution >= 0.6 is 0 Å². The van der Waals surface area contributed by atoms with Gasteiger partial charge in [0.25, 0.3) is 0 Å². The van der Waals surface area contributed by atoms with Gasteiger partial charge in [-0.05, 0) is 6.92 Å². The predicted molar refractivity (Wildman–Crippen MR) is 42.3 cm³/mol. The summed E-state index contributed by atoms with van der Waals surface area (Å²) in [6, 6.07) is 0. The maximum absolute atomic E-state index is 10.8. The molecule has 0 aromatic carbocycles. The molecule has 12 heavy (non-hydrogen) atoms. The number of aliphatic imine (C=N–C) groups is 1. The number of rotatable bonds is 4. The molecule has 0 N–H and O–H groups in total. The molecule has 0 fully saturated rings. The van der Waals surface area contributed by atoms with E-state index >= 15 is 0 Å². The largest absolute Gasteiger partial charge is 0.460 e. The van der Waals surface area contributed by atoms with Crippen molar-refractivity contribution < 1.29 is 14.3 Å². The molecule has 0 spiro atoms. The van der Waals surface area contributed by atoms with E-state index in [1.807, 2.05) is 0 Å². The third-order valence-electron chi connectivity index (χ3n) is 1.07. The zero-order valence-electron chi connectivity index (χ0n) is 6.79. The van der Waals surface area contributed by atoms with E-state index in [0.717, 1.165) is 0 Å². The van der Waals surface area contributed by atoms with E-state index in [0.29, 0.717) is 5.57 Å². The Bertz CT molecular complexity index is 257. The lowest BCUT2D eigenvalue weighted by Crippen LogP contribution is -2.08. The molecule has 0 saturated carbocycles. The SMILES string of the molecule is C=C=C(C)C(=O)OCCN=C=O. The molecule has 0 unspecified atom stereocenters. The molecule has 0 saturated heterocycles. The second-order valence-corrected chi connectivity index (χ2v) is 1.91. The Morgan fingerprint density at radius 3 is 2.83 bits per heavy atom. The summed E-state index contributed by atoms with van der Waals surface area (Å²) in [4.78, 5) is 23.6. The first kappa shape index (κ1) is 10.4. The zero-order chi connectivity index (χ0) is 9.40. The van der Waals surface area contributed by atoms with Crippen LogP contribution < -0.4 is 0 Å². The molecular formula is C8H9NO3. The minimum absolute atomic E-state index is 0.0765. The van der Waals surface area contributed by atoms with Crippen molar-refractivity contribution in [1.29, 1.82) is 0 Å². The Balaban J connectivity index is 3.72. The smallest absolute Gasteiger partial charge is 0.341 e. The first-order valence-electron chi connectivity index (χ1n) is 3.29. The van der Waals surface area contributed by atoms with Crippen LogP contribution in [0, 0.1) is 0 Å². The molecule has 4 heteroatoms. The van der Waals surface area contributed by atoms with Crippen molar-refractivity contribution in [2.45, 2.75) is 6.92 Å². The lowest BCUT2D eigenvalue weighted by atomic mass is 10.3. The maximum Gasteiger partial charge on any atom is 0.341 e. The molecule has 64 valence electrons. The van der Waals surface area contributed by atoms with E-state index in [1.54, 1.807) is 6.92 Å². The quantitative estimate of drug-likeness (QED) is 0.154. The van der Waals surface area contributed by atoms with Crippen molar-refractivity contribution >= 4 is 12.0 Å². The molecule has 0 aliphatic heterocycles. The predicted octanol–water partition coefficient (Wildman–Crippen LogP) is 0.597. The Labute approximate surface area is 70.2 Å². The van der Waals surface area contributed by atoms with E-state index in [4.69, 9.17) is 0 Å². The number of esters is 1. The van der Waals surface area contributed by atoms with Crippen LogP contribution in [-0.4, -0.2) is 25.2 Å². The highest BCUT2D eigenvalue weighted by Gasteiger charge is 2.02. The van der Waals surface area contributed by atoms with Crippen LogP contribution in [0.15, 0.2) is 22.9 Å². The minimum Gasteiger partial charge on any atom is -0.460 e. The summed E-state index contributed by atoms with van der Waals surface area (Å²) in [5.74, 6) is -0.494. The van der Waals surface area contributed by atoms with Gasteiger partial charge in [-0.2, -0.15) is 0 Å². The van der Waals surface area contributed by atoms with Crippen LogP contribution in [0.25, 0.3) is 0 Å². The molecule has 0 aromatic rings. The maximum atomic E-state index is 10.8. The lowest BCUT2D eigenvalue weighted by molar-refractivity contribution is -0.138. The molecule has 0 bridgehead atoms. The summed E-state index contributed by atoms with van der Waals surface area (Å²) < 4.78 is 4.65. The Hall–Kier alpha value is -1.63. The average Bonchev–Trinajstić information content (AvgIpc) is 2.10. The fourth-order valence-electron chi connectivity index (χ4n) is 0.410. The van der Waals surface area contributed by atoms with E-state index in [-0.39, 0.29) is 13.2 Å². The molecule has 0 heterocycles. The number of ether oxygens (including phenoxy) is 1. The van der Waals surface area contributed by atoms with Crippen LogP contribution in [-0.2, 0) is 14.3 Å². The van der Waals surface area contributed by atoms with E-state index in [2.05, 4.69) is 22.0 Å². The van der Waals surface area contributed by atoms with Gasteiger partial charge in [0.2, 0.25) is 6.08 Å². The number of hydrogen-bond donors (Lipinski definition) is 0. The van der Waals surface area contributed by atoms with Gasteiger partial charge in [-0.15, -0.1) is 5.73 Å². The van der Waals surface area contributed by atoms with E-state index in [1.165, 1.54) is 6.08 Å². The van der Waals surface area contributed by atoms with Crippen molar-refractivity contribution in [3.63, 3.8) is 0 Å². The van der Waals surface area contributed by atoms with E-state index < -0.39 is 5.97 Å². The fourth-order valence-corrected chi connectivity index (χ4v) is 0.410. The van der Waals surface area contributed by atoms with Crippen LogP contribution in [0.3, 0.4) is 0 Å². The average molecular weight is 167 g/mol. The van der Waals surface area contributed by atoms with Gasteiger partial charge in [0.05, 0.1) is 12.1 Å². The summed E-state index contributed by atoms with van der Waals surface area (Å²) in [6.07, 6.45) is 1.33. The van der Waals surface area contributed by atoms with Gasteiger partial charge in [0.1, 0.15) is 6.61 Å². The van der Waals surface area contributed by atoms with Gasteiger partial charge >= 0.3 is 5.97 Å². The first-order valence-corrected chi connectivity index (χ1v) is 3.29. The molecule has 0 radical (unpaired) electrons. The first-order chi connectivity index (χ1) is 5.72. The highest BCUT2D eigenvalue weighted by Crippen LogP contribution is 1.92. The molecular weight excluding hydrogens is 158 g/mol. The Kier molecular flexibility index (Phi) is 5.28. The second kappa shape index (κ2) is 6.10. The summed E-state index contributed by atoms with van der Waals surface area (Å²) in [5, 5.41) is 0. The monoisotopic (exact) mass is 167 g/mol. The van der Waals surface area contributed by atoms with Gasteiger partial charge in [-0.1, -0.05) is 6.58 Å². The normalized spacial score (nSPS) is 7.75. The number of nitrogens with zero attached hydrogens (tertiary/aromatic N) is 1. The van der Waals surface area contributed by atoms with Crippen LogP contribution in [0.5, 0.6) is 0 Å². The van der Waals surface area contributed by atoms with Gasteiger partial charge in [-0.3, -0.25) is 0 Å². The van der Waals surface area contributed by atoms with Crippen molar-refractivity contribution in [3.05, 3.63) is 17.9 Å². The lowest BCUT2D eigenvalue weighted by Gasteiger charge is -1.99. The molecule has 0 atom stereocenters. The summed E-state index contributed by atoms with van der Waals surface area (Å²) in [6.45, 7) is 5.03.